The van der Waals surface area contributed by atoms with Gasteiger partial charge in [0.15, 0.2) is 0 Å². The third-order valence-electron chi connectivity index (χ3n) is 4.10. The Labute approximate surface area is 132 Å². The zero-order valence-corrected chi connectivity index (χ0v) is 14.3. The zero-order chi connectivity index (χ0) is 15.8. The second kappa shape index (κ2) is 15.6. The van der Waals surface area contributed by atoms with Crippen LogP contribution in [0.2, 0.25) is 0 Å². The van der Waals surface area contributed by atoms with Gasteiger partial charge in [-0.05, 0) is 19.8 Å². The lowest BCUT2D eigenvalue weighted by Crippen LogP contribution is -1.95. The predicted molar refractivity (Wildman–Crippen MR) is 91.7 cm³/mol. The lowest BCUT2D eigenvalue weighted by atomic mass is 10.0. The van der Waals surface area contributed by atoms with Gasteiger partial charge < -0.3 is 5.11 Å². The van der Waals surface area contributed by atoms with Crippen LogP contribution in [0, 0.1) is 0 Å². The molecule has 0 amide bonds. The first kappa shape index (κ1) is 20.2. The molecular weight excluding hydrogens is 260 g/mol. The summed E-state index contributed by atoms with van der Waals surface area (Å²) in [4.78, 5) is 10.6. The number of unbranched alkanes of at least 4 members (excludes halogenated alkanes) is 13. The van der Waals surface area contributed by atoms with E-state index in [0.717, 1.165) is 12.8 Å². The number of hydrogen-bond donors (Lipinski definition) is 1. The smallest absolute Gasteiger partial charge is 0.330 e. The van der Waals surface area contributed by atoms with E-state index >= 15 is 0 Å². The first-order chi connectivity index (χ1) is 10.2. The molecule has 0 atom stereocenters. The summed E-state index contributed by atoms with van der Waals surface area (Å²) in [5, 5.41) is 8.72. The van der Waals surface area contributed by atoms with Gasteiger partial charge >= 0.3 is 5.97 Å². The highest BCUT2D eigenvalue weighted by atomic mass is 16.4. The predicted octanol–water partition coefficient (Wildman–Crippen LogP) is 6.50. The van der Waals surface area contributed by atoms with Crippen LogP contribution in [0.15, 0.2) is 11.6 Å². The fraction of sp³-hybridized carbons (Fsp3) is 0.842. The van der Waals surface area contributed by atoms with Gasteiger partial charge in [-0.3, -0.25) is 0 Å². The van der Waals surface area contributed by atoms with Gasteiger partial charge in [0.25, 0.3) is 0 Å². The molecule has 2 heteroatoms. The Balaban J connectivity index is 3.12. The molecule has 0 radical (unpaired) electrons. The quantitative estimate of drug-likeness (QED) is 0.277. The van der Waals surface area contributed by atoms with Crippen molar-refractivity contribution in [3.63, 3.8) is 0 Å². The van der Waals surface area contributed by atoms with E-state index in [2.05, 4.69) is 6.92 Å². The molecule has 124 valence electrons. The number of allylic oxidation sites excluding steroid dienone is 1. The van der Waals surface area contributed by atoms with Gasteiger partial charge in [-0.1, -0.05) is 90.0 Å². The van der Waals surface area contributed by atoms with Crippen LogP contribution in [0.25, 0.3) is 0 Å². The molecule has 0 fully saturated rings. The molecule has 0 aliphatic heterocycles. The number of carboxylic acid groups (broad SMARTS) is 1. The van der Waals surface area contributed by atoms with Crippen LogP contribution >= 0.6 is 0 Å². The summed E-state index contributed by atoms with van der Waals surface area (Å²) in [6, 6.07) is 0. The maximum absolute atomic E-state index is 10.6. The highest BCUT2D eigenvalue weighted by Crippen LogP contribution is 2.13. The number of aliphatic carboxylic acids is 1. The van der Waals surface area contributed by atoms with Crippen molar-refractivity contribution in [1.29, 1.82) is 0 Å². The van der Waals surface area contributed by atoms with Gasteiger partial charge in [0.1, 0.15) is 0 Å². The average Bonchev–Trinajstić information content (AvgIpc) is 2.47. The van der Waals surface area contributed by atoms with Gasteiger partial charge in [0.2, 0.25) is 0 Å². The third-order valence-corrected chi connectivity index (χ3v) is 4.10. The molecular formula is C19H36O2. The molecule has 1 N–H and O–H groups in total. The van der Waals surface area contributed by atoms with Crippen molar-refractivity contribution in [2.24, 2.45) is 0 Å². The summed E-state index contributed by atoms with van der Waals surface area (Å²) in [5.74, 6) is -0.787. The van der Waals surface area contributed by atoms with Crippen LogP contribution in [0.1, 0.15) is 104 Å². The van der Waals surface area contributed by atoms with Gasteiger partial charge in [-0.25, -0.2) is 4.79 Å². The molecule has 0 aromatic heterocycles. The SMILES string of the molecule is CCCCCCCCCCCCCCC/C=C(\C)C(=O)O. The Morgan fingerprint density at radius 1 is 0.762 bits per heavy atom. The van der Waals surface area contributed by atoms with Crippen molar-refractivity contribution in [3.8, 4) is 0 Å². The highest BCUT2D eigenvalue weighted by Gasteiger charge is 1.98. The molecule has 0 aliphatic carbocycles. The minimum absolute atomic E-state index is 0.480. The molecule has 0 unspecified atom stereocenters. The van der Waals surface area contributed by atoms with E-state index in [1.165, 1.54) is 77.0 Å². The summed E-state index contributed by atoms with van der Waals surface area (Å²) >= 11 is 0. The largest absolute Gasteiger partial charge is 0.478 e. The van der Waals surface area contributed by atoms with Crippen molar-refractivity contribution >= 4 is 5.97 Å². The highest BCUT2D eigenvalue weighted by molar-refractivity contribution is 5.85. The van der Waals surface area contributed by atoms with Crippen LogP contribution < -0.4 is 0 Å². The lowest BCUT2D eigenvalue weighted by molar-refractivity contribution is -0.132. The normalized spacial score (nSPS) is 11.8. The number of rotatable bonds is 15. The standard InChI is InChI=1S/C19H36O2/c1-3-4-5-6-7-8-9-10-11-12-13-14-15-16-17-18(2)19(20)21/h17H,3-16H2,1-2H3,(H,20,21)/b18-17+. The molecule has 0 aromatic rings. The summed E-state index contributed by atoms with van der Waals surface area (Å²) < 4.78 is 0. The second-order valence-electron chi connectivity index (χ2n) is 6.22. The van der Waals surface area contributed by atoms with Gasteiger partial charge in [-0.2, -0.15) is 0 Å². The van der Waals surface area contributed by atoms with E-state index in [1.54, 1.807) is 6.92 Å². The van der Waals surface area contributed by atoms with Crippen LogP contribution in [-0.2, 0) is 4.79 Å². The van der Waals surface area contributed by atoms with E-state index in [9.17, 15) is 4.79 Å². The molecule has 0 spiro atoms. The Morgan fingerprint density at radius 2 is 1.14 bits per heavy atom. The second-order valence-corrected chi connectivity index (χ2v) is 6.22. The summed E-state index contributed by atoms with van der Waals surface area (Å²) in [6.07, 6.45) is 20.4. The molecule has 0 rings (SSSR count). The molecule has 0 saturated heterocycles. The molecule has 0 saturated carbocycles. The zero-order valence-electron chi connectivity index (χ0n) is 14.3. The lowest BCUT2D eigenvalue weighted by Gasteiger charge is -2.02. The first-order valence-corrected chi connectivity index (χ1v) is 9.08. The molecule has 0 aliphatic rings. The average molecular weight is 296 g/mol. The fourth-order valence-electron chi connectivity index (χ4n) is 2.57. The van der Waals surface area contributed by atoms with Crippen molar-refractivity contribution < 1.29 is 9.90 Å². The van der Waals surface area contributed by atoms with E-state index < -0.39 is 5.97 Å². The summed E-state index contributed by atoms with van der Waals surface area (Å²) in [6.45, 7) is 3.94. The van der Waals surface area contributed by atoms with Gasteiger partial charge in [-0.15, -0.1) is 0 Å². The topological polar surface area (TPSA) is 37.3 Å². The fourth-order valence-corrected chi connectivity index (χ4v) is 2.57. The Morgan fingerprint density at radius 3 is 1.52 bits per heavy atom. The van der Waals surface area contributed by atoms with Gasteiger partial charge in [0, 0.05) is 5.57 Å². The van der Waals surface area contributed by atoms with Crippen molar-refractivity contribution in [1.82, 2.24) is 0 Å². The third kappa shape index (κ3) is 15.4. The molecule has 2 nitrogen and oxygen atoms in total. The number of carbonyl (C=O) groups is 1. The molecule has 0 aromatic carbocycles. The molecule has 0 heterocycles. The molecule has 0 bridgehead atoms. The molecule has 21 heavy (non-hydrogen) atoms. The maximum atomic E-state index is 10.6. The Kier molecular flexibility index (Phi) is 15.0. The van der Waals surface area contributed by atoms with Crippen molar-refractivity contribution in [2.75, 3.05) is 0 Å². The Bertz CT molecular complexity index is 269. The van der Waals surface area contributed by atoms with Crippen molar-refractivity contribution in [3.05, 3.63) is 11.6 Å². The van der Waals surface area contributed by atoms with Crippen LogP contribution in [0.4, 0.5) is 0 Å². The monoisotopic (exact) mass is 296 g/mol. The first-order valence-electron chi connectivity index (χ1n) is 9.08. The summed E-state index contributed by atoms with van der Waals surface area (Å²) in [7, 11) is 0. The number of carboxylic acids is 1. The number of hydrogen-bond acceptors (Lipinski definition) is 1. The van der Waals surface area contributed by atoms with E-state index in [0.29, 0.717) is 5.57 Å². The van der Waals surface area contributed by atoms with Crippen LogP contribution in [0.3, 0.4) is 0 Å². The minimum Gasteiger partial charge on any atom is -0.478 e. The van der Waals surface area contributed by atoms with Gasteiger partial charge in [0.05, 0.1) is 0 Å². The van der Waals surface area contributed by atoms with E-state index in [1.807, 2.05) is 6.08 Å². The minimum atomic E-state index is -0.787. The Hall–Kier alpha value is -0.790. The van der Waals surface area contributed by atoms with Crippen LogP contribution in [0.5, 0.6) is 0 Å². The van der Waals surface area contributed by atoms with E-state index in [4.69, 9.17) is 5.11 Å². The maximum Gasteiger partial charge on any atom is 0.330 e. The van der Waals surface area contributed by atoms with Crippen molar-refractivity contribution in [2.45, 2.75) is 104 Å². The van der Waals surface area contributed by atoms with E-state index in [-0.39, 0.29) is 0 Å². The van der Waals surface area contributed by atoms with Crippen LogP contribution in [-0.4, -0.2) is 11.1 Å². The summed E-state index contributed by atoms with van der Waals surface area (Å²) in [5.41, 5.74) is 0.480.